The lowest BCUT2D eigenvalue weighted by molar-refractivity contribution is -0.150. The highest BCUT2D eigenvalue weighted by Gasteiger charge is 2.21. The van der Waals surface area contributed by atoms with Gasteiger partial charge < -0.3 is 9.26 Å². The molecule has 5 nitrogen and oxygen atoms in total. The van der Waals surface area contributed by atoms with Crippen molar-refractivity contribution in [2.45, 2.75) is 64.4 Å². The van der Waals surface area contributed by atoms with Crippen LogP contribution in [0.5, 0.6) is 0 Å². The van der Waals surface area contributed by atoms with Crippen LogP contribution in [0.15, 0.2) is 40.9 Å². The van der Waals surface area contributed by atoms with Gasteiger partial charge in [-0.25, -0.2) is 4.79 Å². The second kappa shape index (κ2) is 7.44. The fourth-order valence-corrected chi connectivity index (χ4v) is 2.87. The first-order valence-corrected chi connectivity index (χ1v) is 9.11. The summed E-state index contributed by atoms with van der Waals surface area (Å²) in [6, 6.07) is 8.65. The molecular weight excluding hydrogens is 328 g/mol. The van der Waals surface area contributed by atoms with E-state index >= 15 is 0 Å². The lowest BCUT2D eigenvalue weighted by Crippen LogP contribution is -2.25. The smallest absolute Gasteiger partial charge is 0.334 e. The Morgan fingerprint density at radius 1 is 1.27 bits per heavy atom. The van der Waals surface area contributed by atoms with Gasteiger partial charge in [0.15, 0.2) is 5.82 Å². The Balaban J connectivity index is 1.55. The highest BCUT2D eigenvalue weighted by Crippen LogP contribution is 2.36. The van der Waals surface area contributed by atoms with Crippen molar-refractivity contribution in [1.29, 1.82) is 0 Å². The van der Waals surface area contributed by atoms with E-state index in [1.807, 2.05) is 20.8 Å². The maximum atomic E-state index is 12.0. The van der Waals surface area contributed by atoms with Gasteiger partial charge in [0.05, 0.1) is 6.42 Å². The molecule has 5 heteroatoms. The molecule has 0 bridgehead atoms. The second-order valence-corrected chi connectivity index (χ2v) is 7.93. The zero-order valence-corrected chi connectivity index (χ0v) is 15.7. The highest BCUT2D eigenvalue weighted by atomic mass is 16.6. The summed E-state index contributed by atoms with van der Waals surface area (Å²) >= 11 is 0. The van der Waals surface area contributed by atoms with E-state index in [1.54, 1.807) is 0 Å². The van der Waals surface area contributed by atoms with Gasteiger partial charge >= 0.3 is 5.97 Å². The average molecular weight is 354 g/mol. The number of rotatable bonds is 6. The molecule has 1 fully saturated rings. The number of hydrogen-bond acceptors (Lipinski definition) is 5. The van der Waals surface area contributed by atoms with E-state index in [2.05, 4.69) is 41.0 Å². The maximum Gasteiger partial charge on any atom is 0.334 e. The summed E-state index contributed by atoms with van der Waals surface area (Å²) in [7, 11) is 0. The molecule has 0 N–H and O–H groups in total. The van der Waals surface area contributed by atoms with Crippen LogP contribution in [0.25, 0.3) is 0 Å². The zero-order valence-electron chi connectivity index (χ0n) is 15.7. The number of ether oxygens (including phenoxy) is 1. The molecule has 0 saturated heterocycles. The Morgan fingerprint density at radius 2 is 1.96 bits per heavy atom. The Labute approximate surface area is 154 Å². The Morgan fingerprint density at radius 3 is 2.54 bits per heavy atom. The number of benzene rings is 1. The van der Waals surface area contributed by atoms with Gasteiger partial charge in [-0.1, -0.05) is 42.4 Å². The molecular formula is C21H26N2O3. The third kappa shape index (κ3) is 4.81. The molecule has 1 saturated carbocycles. The first kappa shape index (κ1) is 18.4. The van der Waals surface area contributed by atoms with Gasteiger partial charge in [-0.2, -0.15) is 4.98 Å². The first-order chi connectivity index (χ1) is 12.3. The minimum absolute atomic E-state index is 0.197. The van der Waals surface area contributed by atoms with E-state index in [4.69, 9.17) is 9.26 Å². The van der Waals surface area contributed by atoms with Crippen molar-refractivity contribution in [3.05, 3.63) is 59.3 Å². The topological polar surface area (TPSA) is 65.2 Å². The van der Waals surface area contributed by atoms with Crippen molar-refractivity contribution in [1.82, 2.24) is 10.1 Å². The minimum atomic E-state index is -0.550. The fraction of sp³-hybridized carbons (Fsp3) is 0.476. The molecule has 2 aromatic rings. The van der Waals surface area contributed by atoms with Crippen LogP contribution in [-0.4, -0.2) is 21.7 Å². The van der Waals surface area contributed by atoms with Gasteiger partial charge in [-0.05, 0) is 50.7 Å². The predicted octanol–water partition coefficient (Wildman–Crippen LogP) is 4.37. The largest absolute Gasteiger partial charge is 0.457 e. The number of hydrogen-bond donors (Lipinski definition) is 0. The number of carbonyl (C=O) groups is 1. The zero-order chi connectivity index (χ0) is 18.7. The molecule has 26 heavy (non-hydrogen) atoms. The van der Waals surface area contributed by atoms with E-state index in [0.29, 0.717) is 23.7 Å². The van der Waals surface area contributed by atoms with E-state index in [9.17, 15) is 4.79 Å². The summed E-state index contributed by atoms with van der Waals surface area (Å²) in [5.74, 6) is 1.28. The molecule has 1 aromatic carbocycles. The molecule has 138 valence electrons. The molecule has 0 spiro atoms. The van der Waals surface area contributed by atoms with Crippen molar-refractivity contribution in [2.75, 3.05) is 0 Å². The van der Waals surface area contributed by atoms with Gasteiger partial charge in [0.1, 0.15) is 5.60 Å². The Hall–Kier alpha value is -2.43. The van der Waals surface area contributed by atoms with Crippen LogP contribution in [0.2, 0.25) is 0 Å². The van der Waals surface area contributed by atoms with Crippen LogP contribution in [0.1, 0.15) is 68.8 Å². The molecule has 0 amide bonds. The van der Waals surface area contributed by atoms with Gasteiger partial charge in [-0.3, -0.25) is 0 Å². The fourth-order valence-electron chi connectivity index (χ4n) is 2.87. The van der Waals surface area contributed by atoms with Crippen molar-refractivity contribution in [2.24, 2.45) is 0 Å². The molecule has 3 rings (SSSR count). The van der Waals surface area contributed by atoms with Gasteiger partial charge in [-0.15, -0.1) is 0 Å². The van der Waals surface area contributed by atoms with E-state index < -0.39 is 11.6 Å². The van der Waals surface area contributed by atoms with Crippen LogP contribution < -0.4 is 0 Å². The van der Waals surface area contributed by atoms with Gasteiger partial charge in [0.25, 0.3) is 0 Å². The molecule has 0 atom stereocenters. The number of carbonyl (C=O) groups excluding carboxylic acids is 1. The van der Waals surface area contributed by atoms with Gasteiger partial charge in [0, 0.05) is 12.0 Å². The van der Waals surface area contributed by atoms with Crippen LogP contribution in [0.4, 0.5) is 0 Å². The summed E-state index contributed by atoms with van der Waals surface area (Å²) in [5.41, 5.74) is 2.32. The minimum Gasteiger partial charge on any atom is -0.457 e. The van der Waals surface area contributed by atoms with E-state index in [0.717, 1.165) is 11.5 Å². The van der Waals surface area contributed by atoms with E-state index in [-0.39, 0.29) is 6.42 Å². The van der Waals surface area contributed by atoms with Gasteiger partial charge in [0.2, 0.25) is 5.89 Å². The lowest BCUT2D eigenvalue weighted by atomic mass is 9.80. The molecule has 0 aliphatic heterocycles. The van der Waals surface area contributed by atoms with Crippen molar-refractivity contribution in [3.63, 3.8) is 0 Å². The predicted molar refractivity (Wildman–Crippen MR) is 98.8 cm³/mol. The number of nitrogens with zero attached hydrogens (tertiary/aromatic N) is 2. The van der Waals surface area contributed by atoms with Crippen molar-refractivity contribution in [3.8, 4) is 0 Å². The summed E-state index contributed by atoms with van der Waals surface area (Å²) in [6.07, 6.45) is 4.74. The quantitative estimate of drug-likeness (QED) is 0.569. The average Bonchev–Trinajstić information content (AvgIpc) is 2.93. The molecule has 1 aliphatic carbocycles. The number of aromatic nitrogens is 2. The normalized spacial score (nSPS) is 14.7. The second-order valence-electron chi connectivity index (χ2n) is 7.93. The third-order valence-corrected chi connectivity index (χ3v) is 4.48. The summed E-state index contributed by atoms with van der Waals surface area (Å²) in [6.45, 7) is 9.22. The molecule has 1 aromatic heterocycles. The summed E-state index contributed by atoms with van der Waals surface area (Å²) in [5, 5.41) is 4.00. The first-order valence-electron chi connectivity index (χ1n) is 9.11. The Kier molecular flexibility index (Phi) is 5.25. The molecule has 1 heterocycles. The van der Waals surface area contributed by atoms with Crippen LogP contribution >= 0.6 is 0 Å². The monoisotopic (exact) mass is 354 g/mol. The summed E-state index contributed by atoms with van der Waals surface area (Å²) < 4.78 is 10.5. The Bertz CT molecular complexity index is 780. The highest BCUT2D eigenvalue weighted by molar-refractivity contribution is 5.88. The van der Waals surface area contributed by atoms with Crippen molar-refractivity contribution < 1.29 is 14.1 Å². The standard InChI is InChI=1S/C21H26N2O3/c1-14(20(24)25-21(2,3)4)12-19-22-18(23-26-19)13-15-8-10-17(11-9-15)16-6-5-7-16/h8-11,16H,1,5-7,12-13H2,2-4H3. The molecule has 0 unspecified atom stereocenters. The summed E-state index contributed by atoms with van der Waals surface area (Å²) in [4.78, 5) is 16.3. The SMILES string of the molecule is C=C(Cc1nc(Cc2ccc(C3CCC3)cc2)no1)C(=O)OC(C)(C)C. The van der Waals surface area contributed by atoms with E-state index in [1.165, 1.54) is 24.8 Å². The van der Waals surface area contributed by atoms with Crippen LogP contribution in [0.3, 0.4) is 0 Å². The lowest BCUT2D eigenvalue weighted by Gasteiger charge is -2.25. The van der Waals surface area contributed by atoms with Crippen LogP contribution in [-0.2, 0) is 22.4 Å². The molecule has 0 radical (unpaired) electrons. The third-order valence-electron chi connectivity index (χ3n) is 4.48. The molecule has 1 aliphatic rings. The maximum absolute atomic E-state index is 12.0. The number of esters is 1. The van der Waals surface area contributed by atoms with Crippen LogP contribution in [0, 0.1) is 0 Å². The van der Waals surface area contributed by atoms with Crippen molar-refractivity contribution >= 4 is 5.97 Å².